The first kappa shape index (κ1) is 25.8. The van der Waals surface area contributed by atoms with Gasteiger partial charge in [0, 0.05) is 28.5 Å². The van der Waals surface area contributed by atoms with Gasteiger partial charge in [0.25, 0.3) is 5.91 Å². The van der Waals surface area contributed by atoms with Crippen LogP contribution in [0.25, 0.3) is 44.7 Å². The minimum Gasteiger partial charge on any atom is -0.267 e. The summed E-state index contributed by atoms with van der Waals surface area (Å²) in [5.41, 5.74) is 8.99. The molecule has 0 radical (unpaired) electrons. The molecule has 0 saturated heterocycles. The Kier molecular flexibility index (Phi) is 6.83. The lowest BCUT2D eigenvalue weighted by atomic mass is 10.0. The van der Waals surface area contributed by atoms with Gasteiger partial charge < -0.3 is 0 Å². The van der Waals surface area contributed by atoms with E-state index in [-0.39, 0.29) is 5.91 Å². The number of hydrazone groups is 1. The van der Waals surface area contributed by atoms with E-state index in [1.807, 2.05) is 102 Å². The number of nitrogens with one attached hydrogen (secondary N) is 1. The summed E-state index contributed by atoms with van der Waals surface area (Å²) in [7, 11) is 0. The fourth-order valence-electron chi connectivity index (χ4n) is 4.98. The highest BCUT2D eigenvalue weighted by Crippen LogP contribution is 2.30. The topological polar surface area (TPSA) is 90.0 Å². The molecule has 0 aliphatic carbocycles. The highest BCUT2D eigenvalue weighted by atomic mass is 16.2. The summed E-state index contributed by atoms with van der Waals surface area (Å²) in [6, 6.07) is 41.2. The standard InChI is InChI=1S/C35H25N7O/c43-35(27-15-9-18-30(21-27)42-24-33(37-40-42)26-12-3-1-4-13-26)38-36-22-28-23-41(29-16-5-2-6-17-29)39-34(28)32-20-10-14-25-11-7-8-19-31(25)32/h1-24H,(H,38,43)/b36-22+. The fraction of sp³-hybridized carbons (Fsp3) is 0. The minimum absolute atomic E-state index is 0.344. The Bertz CT molecular complexity index is 2070. The third-order valence-electron chi connectivity index (χ3n) is 7.11. The number of amides is 1. The van der Waals surface area contributed by atoms with Crippen molar-refractivity contribution >= 4 is 22.9 Å². The van der Waals surface area contributed by atoms with Crippen LogP contribution in [0.1, 0.15) is 15.9 Å². The predicted octanol–water partition coefficient (Wildman–Crippen LogP) is 6.70. The average Bonchev–Trinajstić information content (AvgIpc) is 3.74. The largest absolute Gasteiger partial charge is 0.271 e. The molecule has 7 aromatic rings. The molecule has 8 heteroatoms. The lowest BCUT2D eigenvalue weighted by Crippen LogP contribution is -2.17. The van der Waals surface area contributed by atoms with Gasteiger partial charge in [0.05, 0.1) is 23.8 Å². The van der Waals surface area contributed by atoms with Crippen molar-refractivity contribution in [2.75, 3.05) is 0 Å². The SMILES string of the molecule is O=C(N/N=C/c1cn(-c2ccccc2)nc1-c1cccc2ccccc12)c1cccc(-n2cc(-c3ccccc3)nn2)c1. The monoisotopic (exact) mass is 559 g/mol. The average molecular weight is 560 g/mol. The Balaban J connectivity index is 1.16. The molecule has 5 aromatic carbocycles. The second-order valence-corrected chi connectivity index (χ2v) is 9.90. The Morgan fingerprint density at radius 2 is 1.44 bits per heavy atom. The molecule has 0 aliphatic heterocycles. The second kappa shape index (κ2) is 11.4. The molecule has 43 heavy (non-hydrogen) atoms. The summed E-state index contributed by atoms with van der Waals surface area (Å²) in [6.07, 6.45) is 5.39. The van der Waals surface area contributed by atoms with Crippen molar-refractivity contribution < 1.29 is 4.79 Å². The zero-order chi connectivity index (χ0) is 29.0. The molecule has 0 fully saturated rings. The lowest BCUT2D eigenvalue weighted by Gasteiger charge is -2.05. The van der Waals surface area contributed by atoms with Crippen molar-refractivity contribution in [2.45, 2.75) is 0 Å². The highest BCUT2D eigenvalue weighted by Gasteiger charge is 2.14. The number of hydrogen-bond donors (Lipinski definition) is 1. The Hall–Kier alpha value is -6.15. The molecule has 0 unspecified atom stereocenters. The maximum atomic E-state index is 13.1. The smallest absolute Gasteiger partial charge is 0.267 e. The maximum absolute atomic E-state index is 13.1. The van der Waals surface area contributed by atoms with Gasteiger partial charge in [-0.2, -0.15) is 10.2 Å². The zero-order valence-electron chi connectivity index (χ0n) is 22.9. The van der Waals surface area contributed by atoms with Gasteiger partial charge in [-0.25, -0.2) is 14.8 Å². The first-order valence-corrected chi connectivity index (χ1v) is 13.8. The third-order valence-corrected chi connectivity index (χ3v) is 7.11. The summed E-state index contributed by atoms with van der Waals surface area (Å²) in [4.78, 5) is 13.1. The number of benzene rings is 5. The van der Waals surface area contributed by atoms with Crippen molar-refractivity contribution in [3.8, 4) is 33.9 Å². The second-order valence-electron chi connectivity index (χ2n) is 9.90. The van der Waals surface area contributed by atoms with Gasteiger partial charge in [0.2, 0.25) is 0 Å². The lowest BCUT2D eigenvalue weighted by molar-refractivity contribution is 0.0955. The maximum Gasteiger partial charge on any atom is 0.271 e. The molecule has 1 N–H and O–H groups in total. The quantitative estimate of drug-likeness (QED) is 0.174. The third kappa shape index (κ3) is 5.32. The molecule has 206 valence electrons. The fourth-order valence-corrected chi connectivity index (χ4v) is 4.98. The minimum atomic E-state index is -0.344. The van der Waals surface area contributed by atoms with Crippen molar-refractivity contribution in [3.63, 3.8) is 0 Å². The van der Waals surface area contributed by atoms with Crippen LogP contribution in [0.2, 0.25) is 0 Å². The van der Waals surface area contributed by atoms with E-state index in [1.54, 1.807) is 29.1 Å². The Morgan fingerprint density at radius 3 is 2.30 bits per heavy atom. The van der Waals surface area contributed by atoms with Crippen LogP contribution in [0, 0.1) is 0 Å². The molecule has 0 aliphatic rings. The van der Waals surface area contributed by atoms with Crippen LogP contribution in [0.5, 0.6) is 0 Å². The summed E-state index contributed by atoms with van der Waals surface area (Å²) < 4.78 is 3.47. The zero-order valence-corrected chi connectivity index (χ0v) is 22.9. The number of aromatic nitrogens is 5. The molecule has 1 amide bonds. The van der Waals surface area contributed by atoms with E-state index in [4.69, 9.17) is 5.10 Å². The molecule has 7 rings (SSSR count). The number of nitrogens with zero attached hydrogens (tertiary/aromatic N) is 6. The van der Waals surface area contributed by atoms with Gasteiger partial charge in [-0.3, -0.25) is 4.79 Å². The molecule has 0 bridgehead atoms. The number of carbonyl (C=O) groups is 1. The molecule has 0 spiro atoms. The number of carbonyl (C=O) groups excluding carboxylic acids is 1. The highest BCUT2D eigenvalue weighted by molar-refractivity contribution is 6.01. The summed E-state index contributed by atoms with van der Waals surface area (Å²) >= 11 is 0. The Morgan fingerprint density at radius 1 is 0.721 bits per heavy atom. The molecular formula is C35H25N7O. The van der Waals surface area contributed by atoms with Gasteiger partial charge in [-0.05, 0) is 41.1 Å². The van der Waals surface area contributed by atoms with Crippen LogP contribution >= 0.6 is 0 Å². The van der Waals surface area contributed by atoms with Gasteiger partial charge in [0.15, 0.2) is 0 Å². The van der Waals surface area contributed by atoms with Crippen molar-refractivity contribution in [1.29, 1.82) is 0 Å². The van der Waals surface area contributed by atoms with Crippen LogP contribution in [0.4, 0.5) is 0 Å². The molecule has 2 heterocycles. The van der Waals surface area contributed by atoms with Gasteiger partial charge in [-0.15, -0.1) is 5.10 Å². The van der Waals surface area contributed by atoms with Crippen LogP contribution in [-0.4, -0.2) is 36.9 Å². The van der Waals surface area contributed by atoms with E-state index < -0.39 is 0 Å². The molecule has 0 atom stereocenters. The van der Waals surface area contributed by atoms with Crippen LogP contribution in [0.15, 0.2) is 145 Å². The van der Waals surface area contributed by atoms with E-state index in [0.29, 0.717) is 11.3 Å². The molecule has 8 nitrogen and oxygen atoms in total. The van der Waals surface area contributed by atoms with E-state index in [0.717, 1.165) is 44.5 Å². The summed E-state index contributed by atoms with van der Waals surface area (Å²) in [5, 5.41) is 20.0. The summed E-state index contributed by atoms with van der Waals surface area (Å²) in [5.74, 6) is -0.344. The van der Waals surface area contributed by atoms with Crippen molar-refractivity contribution in [3.05, 3.63) is 151 Å². The normalized spacial score (nSPS) is 11.3. The van der Waals surface area contributed by atoms with E-state index >= 15 is 0 Å². The number of hydrogen-bond acceptors (Lipinski definition) is 5. The van der Waals surface area contributed by atoms with E-state index in [2.05, 4.69) is 45.1 Å². The van der Waals surface area contributed by atoms with E-state index in [1.165, 1.54) is 0 Å². The number of para-hydroxylation sites is 1. The molecular weight excluding hydrogens is 534 g/mol. The first-order chi connectivity index (χ1) is 21.2. The van der Waals surface area contributed by atoms with Crippen LogP contribution in [-0.2, 0) is 0 Å². The van der Waals surface area contributed by atoms with Gasteiger partial charge in [-0.1, -0.05) is 102 Å². The Labute approximate surface area is 247 Å². The summed E-state index contributed by atoms with van der Waals surface area (Å²) in [6.45, 7) is 0. The number of fused-ring (bicyclic) bond motifs is 1. The van der Waals surface area contributed by atoms with Crippen molar-refractivity contribution in [2.24, 2.45) is 5.10 Å². The first-order valence-electron chi connectivity index (χ1n) is 13.8. The van der Waals surface area contributed by atoms with Crippen molar-refractivity contribution in [1.82, 2.24) is 30.2 Å². The van der Waals surface area contributed by atoms with Gasteiger partial charge in [0.1, 0.15) is 11.4 Å². The molecule has 2 aromatic heterocycles. The van der Waals surface area contributed by atoms with Crippen LogP contribution in [0.3, 0.4) is 0 Å². The van der Waals surface area contributed by atoms with E-state index in [9.17, 15) is 4.79 Å². The molecule has 0 saturated carbocycles. The van der Waals surface area contributed by atoms with Gasteiger partial charge >= 0.3 is 0 Å². The number of rotatable bonds is 7. The predicted molar refractivity (Wildman–Crippen MR) is 168 cm³/mol. The van der Waals surface area contributed by atoms with Crippen LogP contribution < -0.4 is 5.43 Å².